The Labute approximate surface area is 366 Å². The van der Waals surface area contributed by atoms with Crippen molar-refractivity contribution in [2.24, 2.45) is 0 Å². The lowest BCUT2D eigenvalue weighted by Gasteiger charge is -2.29. The minimum atomic E-state index is 1.12. The van der Waals surface area contributed by atoms with E-state index in [1.165, 1.54) is 117 Å². The third-order valence-corrected chi connectivity index (χ3v) is 15.3. The van der Waals surface area contributed by atoms with E-state index in [-0.39, 0.29) is 0 Å². The first-order chi connectivity index (χ1) is 30.7. The largest absolute Gasteiger partial charge is 0.308 e. The van der Waals surface area contributed by atoms with Gasteiger partial charge in [-0.05, 0) is 103 Å². The van der Waals surface area contributed by atoms with Crippen LogP contribution >= 0.6 is 22.7 Å². The van der Waals surface area contributed by atoms with Crippen molar-refractivity contribution in [3.8, 4) is 11.1 Å². The molecule has 13 rings (SSSR count). The maximum atomic E-state index is 2.55. The van der Waals surface area contributed by atoms with E-state index in [0.717, 1.165) is 11.4 Å². The van der Waals surface area contributed by atoms with E-state index in [4.69, 9.17) is 0 Å². The zero-order valence-electron chi connectivity index (χ0n) is 33.9. The van der Waals surface area contributed by atoms with E-state index >= 15 is 0 Å². The van der Waals surface area contributed by atoms with Crippen LogP contribution in [-0.2, 0) is 0 Å². The number of benzene rings is 11. The van der Waals surface area contributed by atoms with Crippen molar-refractivity contribution in [1.29, 1.82) is 0 Å². The van der Waals surface area contributed by atoms with E-state index in [1.54, 1.807) is 0 Å². The van der Waals surface area contributed by atoms with Crippen LogP contribution in [0.3, 0.4) is 0 Å². The molecule has 3 heteroatoms. The zero-order valence-corrected chi connectivity index (χ0v) is 35.5. The highest BCUT2D eigenvalue weighted by molar-refractivity contribution is 7.28. The van der Waals surface area contributed by atoms with Crippen LogP contribution in [0.5, 0.6) is 0 Å². The summed E-state index contributed by atoms with van der Waals surface area (Å²) < 4.78 is 5.26. The van der Waals surface area contributed by atoms with Crippen molar-refractivity contribution >= 4 is 140 Å². The molecule has 1 nitrogen and oxygen atoms in total. The van der Waals surface area contributed by atoms with Crippen molar-refractivity contribution in [2.75, 3.05) is 4.90 Å². The van der Waals surface area contributed by atoms with E-state index < -0.39 is 0 Å². The highest BCUT2D eigenvalue weighted by Gasteiger charge is 2.25. The van der Waals surface area contributed by atoms with Crippen molar-refractivity contribution in [1.82, 2.24) is 0 Å². The summed E-state index contributed by atoms with van der Waals surface area (Å²) in [5, 5.41) is 18.0. The van der Waals surface area contributed by atoms with E-state index in [0.29, 0.717) is 0 Å². The number of nitrogens with zero attached hydrogens (tertiary/aromatic N) is 1. The van der Waals surface area contributed by atoms with Crippen LogP contribution in [0.25, 0.3) is 111 Å². The number of hydrogen-bond donors (Lipinski definition) is 0. The summed E-state index contributed by atoms with van der Waals surface area (Å²) in [6.45, 7) is 2.08. The van der Waals surface area contributed by atoms with Gasteiger partial charge in [-0.15, -0.1) is 22.7 Å². The fourth-order valence-corrected chi connectivity index (χ4v) is 12.8. The molecule has 13 aromatic rings. The van der Waals surface area contributed by atoms with Gasteiger partial charge in [0.1, 0.15) is 0 Å². The normalized spacial score (nSPS) is 12.2. The monoisotopic (exact) mass is 823 g/mol. The topological polar surface area (TPSA) is 3.24 Å². The predicted molar refractivity (Wildman–Crippen MR) is 275 cm³/mol. The predicted octanol–water partition coefficient (Wildman–Crippen LogP) is 18.4. The van der Waals surface area contributed by atoms with Crippen LogP contribution < -0.4 is 4.90 Å². The standard InChI is InChI=1S/C59H37NS2/c1-2-14-36-27-30-41(31-28-36)60(52-34-39-17-5-7-19-43(39)55-56-48-23-11-9-21-46(48)47-22-10-12-24-49(47)58(56)62-59(52)55)51-35-40(33-38-16-4-6-18-42(38)51)44-25-13-26-53-54(44)50-32-29-37-15-3-8-20-45(37)57(50)61-53/h2-35H,1H3/b14-2+. The number of allylic oxidation sites excluding steroid dienone is 1. The average Bonchev–Trinajstić information content (AvgIpc) is 3.93. The van der Waals surface area contributed by atoms with Crippen LogP contribution in [0.2, 0.25) is 0 Å². The van der Waals surface area contributed by atoms with Gasteiger partial charge in [-0.25, -0.2) is 0 Å². The van der Waals surface area contributed by atoms with Gasteiger partial charge in [-0.3, -0.25) is 0 Å². The maximum absolute atomic E-state index is 2.55. The molecule has 0 radical (unpaired) electrons. The fourth-order valence-electron chi connectivity index (χ4n) is 10.2. The van der Waals surface area contributed by atoms with Gasteiger partial charge in [0.15, 0.2) is 0 Å². The van der Waals surface area contributed by atoms with Gasteiger partial charge in [-0.2, -0.15) is 0 Å². The summed E-state index contributed by atoms with van der Waals surface area (Å²) in [6, 6.07) is 72.5. The van der Waals surface area contributed by atoms with E-state index in [1.807, 2.05) is 22.7 Å². The molecule has 0 bridgehead atoms. The molecule has 0 aliphatic heterocycles. The van der Waals surface area contributed by atoms with Gasteiger partial charge in [0.05, 0.1) is 16.1 Å². The number of anilines is 3. The summed E-state index contributed by atoms with van der Waals surface area (Å²) in [7, 11) is 0. The second-order valence-corrected chi connectivity index (χ2v) is 18.4. The second-order valence-electron chi connectivity index (χ2n) is 16.3. The van der Waals surface area contributed by atoms with Crippen LogP contribution in [0.4, 0.5) is 17.1 Å². The third kappa shape index (κ3) is 5.26. The van der Waals surface area contributed by atoms with Crippen LogP contribution in [0.15, 0.2) is 200 Å². The third-order valence-electron chi connectivity index (χ3n) is 12.9. The highest BCUT2D eigenvalue weighted by Crippen LogP contribution is 2.53. The van der Waals surface area contributed by atoms with E-state index in [9.17, 15) is 0 Å². The first kappa shape index (κ1) is 35.5. The number of fused-ring (bicyclic) bond motifs is 16. The Kier molecular flexibility index (Phi) is 7.93. The van der Waals surface area contributed by atoms with E-state index in [2.05, 4.69) is 218 Å². The summed E-state index contributed by atoms with van der Waals surface area (Å²) in [4.78, 5) is 2.55. The van der Waals surface area contributed by atoms with Gasteiger partial charge in [0.2, 0.25) is 0 Å². The molecule has 2 heterocycles. The zero-order chi connectivity index (χ0) is 40.9. The van der Waals surface area contributed by atoms with Crippen LogP contribution in [-0.4, -0.2) is 0 Å². The molecule has 0 amide bonds. The molecule has 62 heavy (non-hydrogen) atoms. The molecule has 0 saturated carbocycles. The van der Waals surface area contributed by atoms with Crippen molar-refractivity contribution in [3.63, 3.8) is 0 Å². The minimum Gasteiger partial charge on any atom is -0.308 e. The first-order valence-corrected chi connectivity index (χ1v) is 22.9. The fraction of sp³-hybridized carbons (Fsp3) is 0.0169. The summed E-state index contributed by atoms with van der Waals surface area (Å²) in [5.74, 6) is 0. The number of hydrogen-bond acceptors (Lipinski definition) is 3. The Balaban J connectivity index is 1.16. The Morgan fingerprint density at radius 1 is 0.387 bits per heavy atom. The number of thiophene rings is 2. The lowest BCUT2D eigenvalue weighted by atomic mass is 9.93. The summed E-state index contributed by atoms with van der Waals surface area (Å²) in [6.07, 6.45) is 4.29. The average molecular weight is 824 g/mol. The van der Waals surface area contributed by atoms with Crippen LogP contribution in [0.1, 0.15) is 12.5 Å². The van der Waals surface area contributed by atoms with Gasteiger partial charge in [0.25, 0.3) is 0 Å². The van der Waals surface area contributed by atoms with Gasteiger partial charge in [0, 0.05) is 52.1 Å². The van der Waals surface area contributed by atoms with Crippen molar-refractivity contribution in [2.45, 2.75) is 6.92 Å². The Morgan fingerprint density at radius 2 is 1.02 bits per heavy atom. The van der Waals surface area contributed by atoms with Gasteiger partial charge in [-0.1, -0.05) is 170 Å². The van der Waals surface area contributed by atoms with Crippen molar-refractivity contribution < 1.29 is 0 Å². The van der Waals surface area contributed by atoms with Crippen LogP contribution in [0, 0.1) is 0 Å². The SMILES string of the molecule is C/C=C/c1ccc(N(c2cc(-c3cccc4sc5c6ccccc6ccc5c34)cc3ccccc23)c2cc3ccccc3c3c2sc2c4ccccc4c4ccccc4c23)cc1. The smallest absolute Gasteiger partial charge is 0.0647 e. The molecular formula is C59H37NS2. The lowest BCUT2D eigenvalue weighted by Crippen LogP contribution is -2.11. The molecule has 0 saturated heterocycles. The Bertz CT molecular complexity index is 4000. The Morgan fingerprint density at radius 3 is 1.79 bits per heavy atom. The molecule has 11 aromatic carbocycles. The summed E-state index contributed by atoms with van der Waals surface area (Å²) in [5.41, 5.74) is 7.10. The maximum Gasteiger partial charge on any atom is 0.0647 e. The quantitative estimate of drug-likeness (QED) is 0.156. The highest BCUT2D eigenvalue weighted by atomic mass is 32.1. The van der Waals surface area contributed by atoms with Gasteiger partial charge < -0.3 is 4.90 Å². The Hall–Kier alpha value is -7.30. The molecule has 0 aliphatic carbocycles. The molecule has 0 N–H and O–H groups in total. The van der Waals surface area contributed by atoms with Gasteiger partial charge >= 0.3 is 0 Å². The molecule has 2 aromatic heterocycles. The molecule has 0 aliphatic rings. The molecular weight excluding hydrogens is 787 g/mol. The molecule has 290 valence electrons. The minimum absolute atomic E-state index is 1.12. The molecule has 0 atom stereocenters. The summed E-state index contributed by atoms with van der Waals surface area (Å²) >= 11 is 3.84. The molecule has 0 fully saturated rings. The lowest BCUT2D eigenvalue weighted by molar-refractivity contribution is 1.32. The second kappa shape index (κ2) is 13.9. The molecule has 0 unspecified atom stereocenters. The first-order valence-electron chi connectivity index (χ1n) is 21.3. The van der Waals surface area contributed by atoms with Crippen molar-refractivity contribution in [3.05, 3.63) is 206 Å². The number of rotatable bonds is 5. The molecule has 0 spiro atoms.